The molecule has 42 heavy (non-hydrogen) atoms. The number of hydrogen-bond acceptors (Lipinski definition) is 8. The van der Waals surface area contributed by atoms with Gasteiger partial charge in [0.15, 0.2) is 5.78 Å². The molecule has 0 unspecified atom stereocenters. The van der Waals surface area contributed by atoms with E-state index in [2.05, 4.69) is 10.2 Å². The van der Waals surface area contributed by atoms with E-state index in [1.54, 1.807) is 79.8 Å². The molecular weight excluding hydrogens is 536 g/mol. The van der Waals surface area contributed by atoms with Gasteiger partial charge < -0.3 is 4.90 Å². The maximum Gasteiger partial charge on any atom is 0.269 e. The predicted molar refractivity (Wildman–Crippen MR) is 154 cm³/mol. The minimum Gasteiger partial charge on any atom is -0.383 e. The Balaban J connectivity index is 1.66. The largest absolute Gasteiger partial charge is 0.383 e. The van der Waals surface area contributed by atoms with Gasteiger partial charge in [-0.3, -0.25) is 24.5 Å². The number of nitro groups is 1. The number of nitro benzene ring substituents is 1. The van der Waals surface area contributed by atoms with Crippen molar-refractivity contribution in [1.82, 2.24) is 24.5 Å². The van der Waals surface area contributed by atoms with Crippen molar-refractivity contribution in [1.29, 1.82) is 0 Å². The monoisotopic (exact) mass is 560 g/mol. The van der Waals surface area contributed by atoms with Crippen LogP contribution in [0.25, 0.3) is 11.4 Å². The highest BCUT2D eigenvalue weighted by atomic mass is 16.6. The average molecular weight is 561 g/mol. The summed E-state index contributed by atoms with van der Waals surface area (Å²) in [6, 6.07) is 22.9. The third-order valence-corrected chi connectivity index (χ3v) is 6.27. The molecule has 0 aliphatic heterocycles. The van der Waals surface area contributed by atoms with Gasteiger partial charge in [-0.25, -0.2) is 9.36 Å². The lowest BCUT2D eigenvalue weighted by Crippen LogP contribution is -2.13. The first-order valence-electron chi connectivity index (χ1n) is 12.8. The number of benzene rings is 3. The lowest BCUT2D eigenvalue weighted by molar-refractivity contribution is -0.384. The van der Waals surface area contributed by atoms with Gasteiger partial charge >= 0.3 is 0 Å². The number of non-ortho nitro benzene ring substituents is 1. The summed E-state index contributed by atoms with van der Waals surface area (Å²) in [5.74, 6) is -1.64. The number of aromatic nitrogens is 4. The molecule has 0 aliphatic carbocycles. The molecule has 3 aromatic carbocycles. The summed E-state index contributed by atoms with van der Waals surface area (Å²) < 4.78 is 2.73. The predicted octanol–water partition coefficient (Wildman–Crippen LogP) is 4.69. The van der Waals surface area contributed by atoms with Crippen molar-refractivity contribution in [3.8, 4) is 11.4 Å². The normalized spacial score (nSPS) is 11.0. The molecule has 11 nitrogen and oxygen atoms in total. The van der Waals surface area contributed by atoms with Gasteiger partial charge in [-0.05, 0) is 24.3 Å². The second-order valence-corrected chi connectivity index (χ2v) is 9.45. The first-order chi connectivity index (χ1) is 20.2. The molecule has 0 fully saturated rings. The van der Waals surface area contributed by atoms with E-state index in [9.17, 15) is 24.5 Å². The molecule has 0 radical (unpaired) electrons. The quantitative estimate of drug-likeness (QED) is 0.104. The second kappa shape index (κ2) is 11.6. The minimum absolute atomic E-state index is 0.000698. The van der Waals surface area contributed by atoms with Crippen LogP contribution in [0.1, 0.15) is 42.5 Å². The minimum atomic E-state index is -0.682. The summed E-state index contributed by atoms with van der Waals surface area (Å²) in [6.45, 7) is 0. The van der Waals surface area contributed by atoms with Crippen LogP contribution in [0.15, 0.2) is 110 Å². The number of rotatable bonds is 10. The Morgan fingerprint density at radius 2 is 1.26 bits per heavy atom. The Morgan fingerprint density at radius 1 is 0.738 bits per heavy atom. The zero-order chi connectivity index (χ0) is 29.8. The summed E-state index contributed by atoms with van der Waals surface area (Å²) in [4.78, 5) is 53.2. The lowest BCUT2D eigenvalue weighted by Gasteiger charge is -2.03. The van der Waals surface area contributed by atoms with Gasteiger partial charge in [0.25, 0.3) is 5.69 Å². The van der Waals surface area contributed by atoms with Crippen LogP contribution < -0.4 is 0 Å². The average Bonchev–Trinajstić information content (AvgIpc) is 3.66. The molecule has 2 aromatic heterocycles. The van der Waals surface area contributed by atoms with E-state index in [1.165, 1.54) is 52.1 Å². The standard InChI is InChI=1S/C31H24N6O5/c1-34(2)18-17-27(38)28-25(19-35(32-28)22-11-7-4-8-12-22)31(40)29-26(30(39)21-9-5-3-6-10-21)20-36(33-29)23-13-15-24(16-14-23)37(41)42/h3-20H,1-2H3/b18-17+. The van der Waals surface area contributed by atoms with E-state index in [1.807, 2.05) is 6.07 Å². The number of carbonyl (C=O) groups excluding carboxylic acids is 3. The molecule has 208 valence electrons. The maximum atomic E-state index is 14.1. The first kappa shape index (κ1) is 27.6. The van der Waals surface area contributed by atoms with E-state index < -0.39 is 22.3 Å². The number of nitrogens with zero attached hydrogens (tertiary/aromatic N) is 6. The van der Waals surface area contributed by atoms with Crippen LogP contribution in [-0.4, -0.2) is 60.8 Å². The van der Waals surface area contributed by atoms with Crippen LogP contribution in [0.2, 0.25) is 0 Å². The Kier molecular flexibility index (Phi) is 7.65. The fourth-order valence-electron chi connectivity index (χ4n) is 4.17. The Morgan fingerprint density at radius 3 is 1.83 bits per heavy atom. The molecular formula is C31H24N6O5. The van der Waals surface area contributed by atoms with Gasteiger partial charge in [0.05, 0.1) is 27.4 Å². The fraction of sp³-hybridized carbons (Fsp3) is 0.0645. The van der Waals surface area contributed by atoms with Crippen molar-refractivity contribution in [2.75, 3.05) is 14.1 Å². The zero-order valence-electron chi connectivity index (χ0n) is 22.6. The SMILES string of the molecule is CN(C)/C=C/C(=O)c1nn(-c2ccccc2)cc1C(=O)c1nn(-c2ccc([N+](=O)[O-])cc2)cc1C(=O)c1ccccc1. The zero-order valence-corrected chi connectivity index (χ0v) is 22.6. The highest BCUT2D eigenvalue weighted by molar-refractivity contribution is 6.21. The number of carbonyl (C=O) groups is 3. The number of allylic oxidation sites excluding steroid dienone is 1. The summed E-state index contributed by atoms with van der Waals surface area (Å²) in [6.07, 6.45) is 5.70. The summed E-state index contributed by atoms with van der Waals surface area (Å²) in [5, 5.41) is 20.0. The highest BCUT2D eigenvalue weighted by Crippen LogP contribution is 2.24. The smallest absolute Gasteiger partial charge is 0.269 e. The van der Waals surface area contributed by atoms with Crippen molar-refractivity contribution in [3.05, 3.63) is 148 Å². The topological polar surface area (TPSA) is 133 Å². The van der Waals surface area contributed by atoms with Crippen LogP contribution >= 0.6 is 0 Å². The van der Waals surface area contributed by atoms with Gasteiger partial charge in [0.2, 0.25) is 11.6 Å². The summed E-state index contributed by atoms with van der Waals surface area (Å²) >= 11 is 0. The van der Waals surface area contributed by atoms with Crippen LogP contribution in [0.3, 0.4) is 0 Å². The van der Waals surface area contributed by atoms with Crippen LogP contribution in [0.4, 0.5) is 5.69 Å². The molecule has 0 saturated carbocycles. The van der Waals surface area contributed by atoms with Crippen LogP contribution in [-0.2, 0) is 0 Å². The molecule has 0 saturated heterocycles. The van der Waals surface area contributed by atoms with Gasteiger partial charge in [-0.2, -0.15) is 10.2 Å². The molecule has 0 bridgehead atoms. The molecule has 0 amide bonds. The van der Waals surface area contributed by atoms with E-state index in [0.29, 0.717) is 16.9 Å². The number of para-hydroxylation sites is 1. The van der Waals surface area contributed by atoms with Crippen LogP contribution in [0.5, 0.6) is 0 Å². The third kappa shape index (κ3) is 5.65. The van der Waals surface area contributed by atoms with Gasteiger partial charge in [0, 0.05) is 56.5 Å². The molecule has 5 aromatic rings. The van der Waals surface area contributed by atoms with E-state index in [-0.39, 0.29) is 28.2 Å². The van der Waals surface area contributed by atoms with Crippen molar-refractivity contribution < 1.29 is 19.3 Å². The second-order valence-electron chi connectivity index (χ2n) is 9.45. The molecule has 0 aliphatic rings. The molecule has 5 rings (SSSR count). The summed E-state index contributed by atoms with van der Waals surface area (Å²) in [5.41, 5.74) is 0.893. The van der Waals surface area contributed by atoms with E-state index in [0.717, 1.165) is 0 Å². The lowest BCUT2D eigenvalue weighted by atomic mass is 9.99. The van der Waals surface area contributed by atoms with Crippen molar-refractivity contribution in [3.63, 3.8) is 0 Å². The molecule has 11 heteroatoms. The van der Waals surface area contributed by atoms with Crippen molar-refractivity contribution >= 4 is 23.0 Å². The Labute approximate surface area is 240 Å². The maximum absolute atomic E-state index is 14.1. The van der Waals surface area contributed by atoms with E-state index >= 15 is 0 Å². The van der Waals surface area contributed by atoms with Crippen molar-refractivity contribution in [2.24, 2.45) is 0 Å². The van der Waals surface area contributed by atoms with Crippen LogP contribution in [0, 0.1) is 10.1 Å². The summed E-state index contributed by atoms with van der Waals surface area (Å²) in [7, 11) is 3.51. The van der Waals surface area contributed by atoms with Crippen molar-refractivity contribution in [2.45, 2.75) is 0 Å². The molecule has 0 N–H and O–H groups in total. The molecule has 2 heterocycles. The van der Waals surface area contributed by atoms with Gasteiger partial charge in [-0.15, -0.1) is 0 Å². The molecule has 0 spiro atoms. The van der Waals surface area contributed by atoms with Gasteiger partial charge in [-0.1, -0.05) is 48.5 Å². The third-order valence-electron chi connectivity index (χ3n) is 6.27. The van der Waals surface area contributed by atoms with E-state index in [4.69, 9.17) is 0 Å². The number of ketones is 3. The Bertz CT molecular complexity index is 1820. The highest BCUT2D eigenvalue weighted by Gasteiger charge is 2.29. The number of hydrogen-bond donors (Lipinski definition) is 0. The fourth-order valence-corrected chi connectivity index (χ4v) is 4.17. The van der Waals surface area contributed by atoms with Gasteiger partial charge in [0.1, 0.15) is 11.4 Å². The molecule has 0 atom stereocenters. The Hall–Kier alpha value is -5.97. The first-order valence-corrected chi connectivity index (χ1v) is 12.8.